The third kappa shape index (κ3) is 2.51. The summed E-state index contributed by atoms with van der Waals surface area (Å²) in [6.07, 6.45) is -0.693. The summed E-state index contributed by atoms with van der Waals surface area (Å²) in [5.74, 6) is 0. The summed E-state index contributed by atoms with van der Waals surface area (Å²) in [5, 5.41) is 14.6. The Kier molecular flexibility index (Phi) is 4.08. The number of hydrogen-bond acceptors (Lipinski definition) is 2. The molecule has 1 heterocycles. The van der Waals surface area contributed by atoms with Gasteiger partial charge in [-0.1, -0.05) is 33.6 Å². The maximum Gasteiger partial charge on any atom is 0.107 e. The van der Waals surface area contributed by atoms with Crippen LogP contribution in [-0.2, 0) is 0 Å². The number of hydrogen-bond donors (Lipinski definition) is 1. The van der Waals surface area contributed by atoms with Gasteiger partial charge in [-0.05, 0) is 33.4 Å². The fraction of sp³-hybridized carbons (Fsp3) is 0.0909. The van der Waals surface area contributed by atoms with Crippen molar-refractivity contribution in [3.05, 3.63) is 54.1 Å². The molecule has 0 aliphatic carbocycles. The molecule has 1 aromatic carbocycles. The monoisotopic (exact) mass is 380 g/mol. The van der Waals surface area contributed by atoms with E-state index in [1.165, 1.54) is 11.3 Å². The van der Waals surface area contributed by atoms with E-state index in [4.69, 9.17) is 11.6 Å². The molecule has 2 rings (SSSR count). The van der Waals surface area contributed by atoms with Crippen molar-refractivity contribution in [2.45, 2.75) is 6.10 Å². The number of thiophene rings is 1. The Morgan fingerprint density at radius 3 is 2.50 bits per heavy atom. The van der Waals surface area contributed by atoms with Crippen LogP contribution in [0.25, 0.3) is 0 Å². The Hall–Kier alpha value is 0.130. The molecule has 1 unspecified atom stereocenters. The highest BCUT2D eigenvalue weighted by Crippen LogP contribution is 2.35. The minimum absolute atomic E-state index is 0.556. The van der Waals surface area contributed by atoms with Crippen LogP contribution >= 0.6 is 54.8 Å². The molecular weight excluding hydrogens is 375 g/mol. The van der Waals surface area contributed by atoms with Crippen LogP contribution in [0.5, 0.6) is 0 Å². The van der Waals surface area contributed by atoms with Gasteiger partial charge < -0.3 is 5.11 Å². The van der Waals surface area contributed by atoms with Crippen LogP contribution in [0.15, 0.2) is 37.9 Å². The summed E-state index contributed by atoms with van der Waals surface area (Å²) in [6, 6.07) is 5.46. The molecule has 0 saturated heterocycles. The van der Waals surface area contributed by atoms with Crippen LogP contribution in [0, 0.1) is 0 Å². The van der Waals surface area contributed by atoms with E-state index in [0.29, 0.717) is 10.6 Å². The summed E-state index contributed by atoms with van der Waals surface area (Å²) in [4.78, 5) is 0. The Morgan fingerprint density at radius 2 is 1.94 bits per heavy atom. The molecule has 1 atom stereocenters. The third-order valence-electron chi connectivity index (χ3n) is 2.19. The maximum absolute atomic E-state index is 10.2. The third-order valence-corrected chi connectivity index (χ3v) is 4.77. The van der Waals surface area contributed by atoms with E-state index in [-0.39, 0.29) is 0 Å². The molecule has 2 aromatic rings. The van der Waals surface area contributed by atoms with Gasteiger partial charge in [-0.25, -0.2) is 0 Å². The van der Waals surface area contributed by atoms with E-state index >= 15 is 0 Å². The van der Waals surface area contributed by atoms with Crippen LogP contribution in [0.3, 0.4) is 0 Å². The van der Waals surface area contributed by atoms with E-state index in [9.17, 15) is 5.11 Å². The van der Waals surface area contributed by atoms with Gasteiger partial charge in [0, 0.05) is 30.5 Å². The first-order valence-electron chi connectivity index (χ1n) is 4.44. The number of benzene rings is 1. The molecule has 5 heteroatoms. The topological polar surface area (TPSA) is 20.2 Å². The molecule has 0 fully saturated rings. The van der Waals surface area contributed by atoms with Gasteiger partial charge in [0.2, 0.25) is 0 Å². The second-order valence-electron chi connectivity index (χ2n) is 3.24. The molecule has 1 N–H and O–H groups in total. The Morgan fingerprint density at radius 1 is 1.19 bits per heavy atom. The molecule has 0 spiro atoms. The van der Waals surface area contributed by atoms with Gasteiger partial charge in [-0.15, -0.1) is 0 Å². The SMILES string of the molecule is OC(c1ccc(Br)cc1Cl)c1cscc1Br. The van der Waals surface area contributed by atoms with Crippen LogP contribution in [0.1, 0.15) is 17.2 Å². The van der Waals surface area contributed by atoms with Gasteiger partial charge in [-0.3, -0.25) is 0 Å². The molecule has 0 saturated carbocycles. The average molecular weight is 383 g/mol. The lowest BCUT2D eigenvalue weighted by atomic mass is 10.0. The van der Waals surface area contributed by atoms with Crippen molar-refractivity contribution in [2.75, 3.05) is 0 Å². The smallest absolute Gasteiger partial charge is 0.107 e. The van der Waals surface area contributed by atoms with Gasteiger partial charge in [0.05, 0.1) is 0 Å². The Labute approximate surface area is 119 Å². The van der Waals surface area contributed by atoms with Crippen molar-refractivity contribution in [3.8, 4) is 0 Å². The summed E-state index contributed by atoms with van der Waals surface area (Å²) < 4.78 is 1.81. The van der Waals surface area contributed by atoms with Crippen LogP contribution in [0.4, 0.5) is 0 Å². The summed E-state index contributed by atoms with van der Waals surface area (Å²) in [5.41, 5.74) is 1.55. The highest BCUT2D eigenvalue weighted by molar-refractivity contribution is 9.10. The maximum atomic E-state index is 10.2. The standard InChI is InChI=1S/C11H7Br2ClOS/c12-6-1-2-7(10(14)3-6)11(15)8-4-16-5-9(8)13/h1-5,11,15H. The van der Waals surface area contributed by atoms with Crippen molar-refractivity contribution >= 4 is 54.8 Å². The fourth-order valence-electron chi connectivity index (χ4n) is 1.38. The molecule has 0 bridgehead atoms. The van der Waals surface area contributed by atoms with Gasteiger partial charge in [-0.2, -0.15) is 11.3 Å². The van der Waals surface area contributed by atoms with Crippen molar-refractivity contribution in [3.63, 3.8) is 0 Å². The lowest BCUT2D eigenvalue weighted by molar-refractivity contribution is 0.220. The van der Waals surface area contributed by atoms with Crippen LogP contribution in [0.2, 0.25) is 5.02 Å². The normalized spacial score (nSPS) is 12.8. The van der Waals surface area contributed by atoms with Crippen LogP contribution < -0.4 is 0 Å². The average Bonchev–Trinajstić information content (AvgIpc) is 2.63. The first-order chi connectivity index (χ1) is 7.59. The fourth-order valence-corrected chi connectivity index (χ4v) is 3.69. The molecule has 16 heavy (non-hydrogen) atoms. The molecule has 1 aromatic heterocycles. The number of aliphatic hydroxyl groups is 1. The highest BCUT2D eigenvalue weighted by atomic mass is 79.9. The van der Waals surface area contributed by atoms with Crippen LogP contribution in [-0.4, -0.2) is 5.11 Å². The van der Waals surface area contributed by atoms with Crippen molar-refractivity contribution in [1.82, 2.24) is 0 Å². The Balaban J connectivity index is 2.41. The molecule has 1 nitrogen and oxygen atoms in total. The quantitative estimate of drug-likeness (QED) is 0.774. The molecule has 84 valence electrons. The summed E-state index contributed by atoms with van der Waals surface area (Å²) in [6.45, 7) is 0. The number of rotatable bonds is 2. The number of halogens is 3. The molecular formula is C11H7Br2ClOS. The van der Waals surface area contributed by atoms with Gasteiger partial charge in [0.15, 0.2) is 0 Å². The zero-order valence-corrected chi connectivity index (χ0v) is 12.7. The summed E-state index contributed by atoms with van der Waals surface area (Å²) >= 11 is 14.4. The number of aliphatic hydroxyl groups excluding tert-OH is 1. The molecule has 0 radical (unpaired) electrons. The van der Waals surface area contributed by atoms with Crippen molar-refractivity contribution in [1.29, 1.82) is 0 Å². The van der Waals surface area contributed by atoms with E-state index in [1.807, 2.05) is 22.9 Å². The zero-order valence-electron chi connectivity index (χ0n) is 7.95. The molecule has 0 aliphatic heterocycles. The highest BCUT2D eigenvalue weighted by Gasteiger charge is 2.17. The second-order valence-corrected chi connectivity index (χ2v) is 6.16. The lowest BCUT2D eigenvalue weighted by Crippen LogP contribution is -1.99. The van der Waals surface area contributed by atoms with Gasteiger partial charge in [0.1, 0.15) is 6.10 Å². The predicted octanol–water partition coefficient (Wildman–Crippen LogP) is 5.01. The lowest BCUT2D eigenvalue weighted by Gasteiger charge is -2.12. The Bertz CT molecular complexity index is 512. The first-order valence-corrected chi connectivity index (χ1v) is 7.35. The van der Waals surface area contributed by atoms with E-state index in [0.717, 1.165) is 14.5 Å². The van der Waals surface area contributed by atoms with E-state index in [2.05, 4.69) is 31.9 Å². The molecule has 0 aliphatic rings. The zero-order chi connectivity index (χ0) is 11.7. The molecule has 0 amide bonds. The van der Waals surface area contributed by atoms with Gasteiger partial charge >= 0.3 is 0 Å². The van der Waals surface area contributed by atoms with E-state index in [1.54, 1.807) is 6.07 Å². The minimum atomic E-state index is -0.693. The minimum Gasteiger partial charge on any atom is -0.384 e. The summed E-state index contributed by atoms with van der Waals surface area (Å²) in [7, 11) is 0. The predicted molar refractivity (Wildman–Crippen MR) is 75.2 cm³/mol. The first kappa shape index (κ1) is 12.6. The largest absolute Gasteiger partial charge is 0.384 e. The van der Waals surface area contributed by atoms with Gasteiger partial charge in [0.25, 0.3) is 0 Å². The second kappa shape index (κ2) is 5.19. The van der Waals surface area contributed by atoms with Crippen molar-refractivity contribution < 1.29 is 5.11 Å². The van der Waals surface area contributed by atoms with E-state index < -0.39 is 6.10 Å². The van der Waals surface area contributed by atoms with Crippen molar-refractivity contribution in [2.24, 2.45) is 0 Å².